The van der Waals surface area contributed by atoms with Gasteiger partial charge in [0.2, 0.25) is 5.91 Å². The SMILES string of the molecule is CN1CCN(Cc2ccc(N(C(=O)Nc3cc(CCC4CC4)c(C#N)cn3)C3CC3)nc2C=O)C(=O)C1. The number of aromatic nitrogens is 2. The topological polar surface area (TPSA) is 123 Å². The number of pyridine rings is 2. The van der Waals surface area contributed by atoms with Gasteiger partial charge in [-0.3, -0.25) is 24.7 Å². The van der Waals surface area contributed by atoms with Gasteiger partial charge in [0, 0.05) is 37.4 Å². The molecule has 0 spiro atoms. The van der Waals surface area contributed by atoms with Gasteiger partial charge in [0.15, 0.2) is 6.29 Å². The number of carbonyl (C=O) groups excluding carboxylic acids is 3. The largest absolute Gasteiger partial charge is 0.336 e. The molecule has 1 saturated heterocycles. The van der Waals surface area contributed by atoms with Crippen LogP contribution in [0.25, 0.3) is 0 Å². The first-order chi connectivity index (χ1) is 17.9. The van der Waals surface area contributed by atoms with Crippen molar-refractivity contribution in [3.8, 4) is 6.07 Å². The van der Waals surface area contributed by atoms with Gasteiger partial charge in [-0.25, -0.2) is 14.8 Å². The van der Waals surface area contributed by atoms with Crippen molar-refractivity contribution in [2.45, 2.75) is 51.1 Å². The van der Waals surface area contributed by atoms with E-state index in [2.05, 4.69) is 21.4 Å². The first kappa shape index (κ1) is 24.8. The minimum atomic E-state index is -0.376. The first-order valence-corrected chi connectivity index (χ1v) is 12.9. The third-order valence-electron chi connectivity index (χ3n) is 7.22. The maximum atomic E-state index is 13.3. The Hall–Kier alpha value is -3.84. The highest BCUT2D eigenvalue weighted by molar-refractivity contribution is 6.01. The standard InChI is InChI=1S/C27H31N7O3/c1-32-10-11-33(26(36)16-32)15-20-6-9-25(30-23(20)17-35)34(22-7-8-22)27(37)31-24-12-19(5-4-18-2-3-18)21(13-28)14-29-24/h6,9,12,14,17-18,22H,2-5,7-8,10-11,15-16H2,1H3,(H,29,31,37). The second kappa shape index (κ2) is 10.6. The lowest BCUT2D eigenvalue weighted by molar-refractivity contribution is -0.136. The molecule has 0 radical (unpaired) electrons. The van der Waals surface area contributed by atoms with Crippen molar-refractivity contribution in [2.24, 2.45) is 5.92 Å². The third kappa shape index (κ3) is 5.94. The summed E-state index contributed by atoms with van der Waals surface area (Å²) in [4.78, 5) is 51.7. The molecule has 10 nitrogen and oxygen atoms in total. The average molecular weight is 502 g/mol. The fourth-order valence-corrected chi connectivity index (χ4v) is 4.66. The van der Waals surface area contributed by atoms with Gasteiger partial charge in [0.1, 0.15) is 23.4 Å². The lowest BCUT2D eigenvalue weighted by atomic mass is 10.0. The van der Waals surface area contributed by atoms with E-state index in [1.165, 1.54) is 19.0 Å². The number of hydrogen-bond acceptors (Lipinski definition) is 7. The van der Waals surface area contributed by atoms with Crippen molar-refractivity contribution in [3.05, 3.63) is 46.8 Å². The number of nitrogens with zero attached hydrogens (tertiary/aromatic N) is 6. The molecule has 3 heterocycles. The van der Waals surface area contributed by atoms with E-state index in [0.29, 0.717) is 48.7 Å². The van der Waals surface area contributed by atoms with Crippen molar-refractivity contribution in [2.75, 3.05) is 36.9 Å². The second-order valence-electron chi connectivity index (χ2n) is 10.2. The van der Waals surface area contributed by atoms with E-state index >= 15 is 0 Å². The molecular formula is C27H31N7O3. The molecule has 2 aromatic heterocycles. The van der Waals surface area contributed by atoms with Crippen LogP contribution in [0.15, 0.2) is 24.4 Å². The van der Waals surface area contributed by atoms with Crippen molar-refractivity contribution in [1.82, 2.24) is 19.8 Å². The summed E-state index contributed by atoms with van der Waals surface area (Å²) >= 11 is 0. The zero-order chi connectivity index (χ0) is 25.9. The Balaban J connectivity index is 1.32. The van der Waals surface area contributed by atoms with Gasteiger partial charge in [-0.05, 0) is 56.3 Å². The number of carbonyl (C=O) groups is 3. The number of aldehydes is 1. The number of amides is 3. The Morgan fingerprint density at radius 3 is 2.73 bits per heavy atom. The van der Waals surface area contributed by atoms with Crippen molar-refractivity contribution < 1.29 is 14.4 Å². The number of hydrogen-bond donors (Lipinski definition) is 1. The van der Waals surface area contributed by atoms with Gasteiger partial charge >= 0.3 is 6.03 Å². The monoisotopic (exact) mass is 501 g/mol. The van der Waals surface area contributed by atoms with Gasteiger partial charge in [0.05, 0.1) is 12.1 Å². The van der Waals surface area contributed by atoms with E-state index in [0.717, 1.165) is 43.7 Å². The minimum Gasteiger partial charge on any atom is -0.336 e. The minimum absolute atomic E-state index is 0.00946. The van der Waals surface area contributed by atoms with Gasteiger partial charge in [-0.15, -0.1) is 0 Å². The van der Waals surface area contributed by atoms with Crippen LogP contribution in [0.3, 0.4) is 0 Å². The zero-order valence-electron chi connectivity index (χ0n) is 21.0. The molecule has 1 aliphatic heterocycles. The molecule has 0 unspecified atom stereocenters. The molecule has 10 heteroatoms. The summed E-state index contributed by atoms with van der Waals surface area (Å²) in [6, 6.07) is 7.09. The first-order valence-electron chi connectivity index (χ1n) is 12.9. The second-order valence-corrected chi connectivity index (χ2v) is 10.2. The molecule has 3 fully saturated rings. The highest BCUT2D eigenvalue weighted by Gasteiger charge is 2.35. The Kier molecular flexibility index (Phi) is 7.15. The molecule has 0 aromatic carbocycles. The Labute approximate surface area is 216 Å². The number of rotatable bonds is 9. The smallest absolute Gasteiger partial charge is 0.328 e. The van der Waals surface area contributed by atoms with Crippen LogP contribution in [0.2, 0.25) is 0 Å². The molecule has 3 amide bonds. The summed E-state index contributed by atoms with van der Waals surface area (Å²) in [6.45, 7) is 2.02. The van der Waals surface area contributed by atoms with Crippen LogP contribution in [0.4, 0.5) is 16.4 Å². The molecule has 0 bridgehead atoms. The fourth-order valence-electron chi connectivity index (χ4n) is 4.66. The van der Waals surface area contributed by atoms with E-state index in [1.54, 1.807) is 28.0 Å². The van der Waals surface area contributed by atoms with Crippen molar-refractivity contribution >= 4 is 29.9 Å². The summed E-state index contributed by atoms with van der Waals surface area (Å²) in [5.41, 5.74) is 2.30. The van der Waals surface area contributed by atoms with Crippen LogP contribution in [0, 0.1) is 17.2 Å². The number of piperazine rings is 1. The average Bonchev–Trinajstić information content (AvgIpc) is 3.81. The van der Waals surface area contributed by atoms with Crippen LogP contribution in [0.1, 0.15) is 59.3 Å². The van der Waals surface area contributed by atoms with E-state index in [-0.39, 0.29) is 23.7 Å². The van der Waals surface area contributed by atoms with Gasteiger partial charge in [-0.2, -0.15) is 5.26 Å². The van der Waals surface area contributed by atoms with Crippen LogP contribution < -0.4 is 10.2 Å². The molecule has 37 heavy (non-hydrogen) atoms. The molecule has 5 rings (SSSR count). The van der Waals surface area contributed by atoms with E-state index in [4.69, 9.17) is 0 Å². The highest BCUT2D eigenvalue weighted by atomic mass is 16.2. The van der Waals surface area contributed by atoms with Gasteiger partial charge < -0.3 is 4.90 Å². The van der Waals surface area contributed by atoms with E-state index in [1.807, 2.05) is 11.9 Å². The van der Waals surface area contributed by atoms with Crippen LogP contribution in [-0.2, 0) is 17.8 Å². The van der Waals surface area contributed by atoms with E-state index < -0.39 is 0 Å². The Morgan fingerprint density at radius 1 is 1.24 bits per heavy atom. The summed E-state index contributed by atoms with van der Waals surface area (Å²) in [7, 11) is 1.91. The summed E-state index contributed by atoms with van der Waals surface area (Å²) in [6.07, 6.45) is 8.18. The third-order valence-corrected chi connectivity index (χ3v) is 7.22. The summed E-state index contributed by atoms with van der Waals surface area (Å²) < 4.78 is 0. The molecule has 192 valence electrons. The lowest BCUT2D eigenvalue weighted by Crippen LogP contribution is -2.48. The zero-order valence-corrected chi connectivity index (χ0v) is 21.0. The summed E-state index contributed by atoms with van der Waals surface area (Å²) in [5.74, 6) is 1.53. The van der Waals surface area contributed by atoms with Crippen LogP contribution >= 0.6 is 0 Å². The predicted octanol–water partition coefficient (Wildman–Crippen LogP) is 2.98. The number of aryl methyl sites for hydroxylation is 1. The molecule has 1 N–H and O–H groups in total. The molecule has 2 aliphatic carbocycles. The fraction of sp³-hybridized carbons (Fsp3) is 0.481. The predicted molar refractivity (Wildman–Crippen MR) is 137 cm³/mol. The number of anilines is 2. The number of nitrogens with one attached hydrogen (secondary N) is 1. The Bertz CT molecular complexity index is 1250. The molecule has 2 saturated carbocycles. The van der Waals surface area contributed by atoms with Crippen molar-refractivity contribution in [1.29, 1.82) is 5.26 Å². The van der Waals surface area contributed by atoms with Gasteiger partial charge in [-0.1, -0.05) is 18.9 Å². The highest BCUT2D eigenvalue weighted by Crippen LogP contribution is 2.34. The molecular weight excluding hydrogens is 470 g/mol. The number of likely N-dealkylation sites (N-methyl/N-ethyl adjacent to an activating group) is 1. The van der Waals surface area contributed by atoms with E-state index in [9.17, 15) is 19.6 Å². The Morgan fingerprint density at radius 2 is 2.05 bits per heavy atom. The molecule has 3 aliphatic rings. The lowest BCUT2D eigenvalue weighted by Gasteiger charge is -2.32. The quantitative estimate of drug-likeness (QED) is 0.524. The van der Waals surface area contributed by atoms with Gasteiger partial charge in [0.25, 0.3) is 0 Å². The number of urea groups is 1. The molecule has 2 aromatic rings. The normalized spacial score (nSPS) is 17.8. The van der Waals surface area contributed by atoms with Crippen LogP contribution in [-0.4, -0.2) is 70.7 Å². The maximum Gasteiger partial charge on any atom is 0.328 e. The maximum absolute atomic E-state index is 13.3. The van der Waals surface area contributed by atoms with Crippen LogP contribution in [0.5, 0.6) is 0 Å². The summed E-state index contributed by atoms with van der Waals surface area (Å²) in [5, 5.41) is 12.3. The van der Waals surface area contributed by atoms with Crippen molar-refractivity contribution in [3.63, 3.8) is 0 Å². The number of nitriles is 1. The molecule has 0 atom stereocenters.